The number of piperidine rings is 1. The molecule has 0 spiro atoms. The molecule has 2 aliphatic rings. The molecular weight excluding hydrogens is 272 g/mol. The first-order valence-corrected chi connectivity index (χ1v) is 8.39. The van der Waals surface area contributed by atoms with Crippen molar-refractivity contribution >= 4 is 17.7 Å². The molecule has 1 amide bonds. The number of H-pyrrole nitrogens is 1. The molecule has 2 heterocycles. The number of likely N-dealkylation sites (tertiary alicyclic amines) is 1. The van der Waals surface area contributed by atoms with Crippen molar-refractivity contribution in [2.45, 2.75) is 55.9 Å². The smallest absolute Gasteiger partial charge is 0.235 e. The summed E-state index contributed by atoms with van der Waals surface area (Å²) >= 11 is 1.47. The standard InChI is InChI=1S/C14H22N4OS/c1-9-5-7-18(8-6-9)13(19)10(2)20-14-15-12(16-17-14)11-3-4-11/h9-11H,3-8H2,1-2H3,(H,15,16,17). The summed E-state index contributed by atoms with van der Waals surface area (Å²) in [5.74, 6) is 2.53. The minimum Gasteiger partial charge on any atom is -0.342 e. The van der Waals surface area contributed by atoms with Crippen LogP contribution < -0.4 is 0 Å². The topological polar surface area (TPSA) is 61.9 Å². The number of thioether (sulfide) groups is 1. The molecule has 1 aliphatic carbocycles. The zero-order valence-electron chi connectivity index (χ0n) is 12.1. The molecule has 5 nitrogen and oxygen atoms in total. The third-order valence-corrected chi connectivity index (χ3v) is 5.12. The lowest BCUT2D eigenvalue weighted by Crippen LogP contribution is -2.41. The maximum absolute atomic E-state index is 12.4. The molecular formula is C14H22N4OS. The van der Waals surface area contributed by atoms with Gasteiger partial charge in [-0.05, 0) is 38.5 Å². The zero-order valence-corrected chi connectivity index (χ0v) is 12.9. The molecule has 1 atom stereocenters. The van der Waals surface area contributed by atoms with Crippen molar-refractivity contribution in [1.29, 1.82) is 0 Å². The predicted octanol–water partition coefficient (Wildman–Crippen LogP) is 2.42. The van der Waals surface area contributed by atoms with Gasteiger partial charge in [0.2, 0.25) is 11.1 Å². The van der Waals surface area contributed by atoms with Crippen molar-refractivity contribution in [2.75, 3.05) is 13.1 Å². The number of hydrogen-bond acceptors (Lipinski definition) is 4. The van der Waals surface area contributed by atoms with Gasteiger partial charge in [0.15, 0.2) is 0 Å². The Bertz CT molecular complexity index is 477. The maximum atomic E-state index is 12.4. The molecule has 2 fully saturated rings. The summed E-state index contributed by atoms with van der Waals surface area (Å²) in [6.45, 7) is 6.00. The number of carbonyl (C=O) groups is 1. The highest BCUT2D eigenvalue weighted by molar-refractivity contribution is 8.00. The lowest BCUT2D eigenvalue weighted by Gasteiger charge is -2.31. The van der Waals surface area contributed by atoms with Crippen LogP contribution in [0, 0.1) is 5.92 Å². The van der Waals surface area contributed by atoms with Gasteiger partial charge >= 0.3 is 0 Å². The number of nitrogens with one attached hydrogen (secondary N) is 1. The molecule has 1 saturated carbocycles. The Morgan fingerprint density at radius 1 is 1.35 bits per heavy atom. The van der Waals surface area contributed by atoms with Gasteiger partial charge in [-0.2, -0.15) is 0 Å². The second-order valence-corrected chi connectivity index (χ2v) is 7.35. The minimum absolute atomic E-state index is 0.105. The molecule has 1 aromatic rings. The van der Waals surface area contributed by atoms with E-state index in [4.69, 9.17) is 0 Å². The van der Waals surface area contributed by atoms with Crippen molar-refractivity contribution in [3.05, 3.63) is 5.82 Å². The third kappa shape index (κ3) is 3.16. The van der Waals surface area contributed by atoms with Crippen LogP contribution in [0.3, 0.4) is 0 Å². The first kappa shape index (κ1) is 13.9. The van der Waals surface area contributed by atoms with E-state index in [2.05, 4.69) is 22.1 Å². The van der Waals surface area contributed by atoms with Gasteiger partial charge in [0.25, 0.3) is 0 Å². The largest absolute Gasteiger partial charge is 0.342 e. The average Bonchev–Trinajstić information content (AvgIpc) is 3.20. The zero-order chi connectivity index (χ0) is 14.1. The lowest BCUT2D eigenvalue weighted by molar-refractivity contribution is -0.131. The van der Waals surface area contributed by atoms with Crippen molar-refractivity contribution < 1.29 is 4.79 Å². The molecule has 6 heteroatoms. The Morgan fingerprint density at radius 2 is 2.05 bits per heavy atom. The van der Waals surface area contributed by atoms with Crippen LogP contribution in [-0.4, -0.2) is 44.3 Å². The van der Waals surface area contributed by atoms with Gasteiger partial charge in [-0.1, -0.05) is 18.7 Å². The van der Waals surface area contributed by atoms with E-state index in [9.17, 15) is 4.79 Å². The predicted molar refractivity (Wildman–Crippen MR) is 78.7 cm³/mol. The third-order valence-electron chi connectivity index (χ3n) is 4.17. The van der Waals surface area contributed by atoms with Crippen LogP contribution in [-0.2, 0) is 4.79 Å². The van der Waals surface area contributed by atoms with E-state index in [0.717, 1.165) is 37.7 Å². The fraction of sp³-hybridized carbons (Fsp3) is 0.786. The summed E-state index contributed by atoms with van der Waals surface area (Å²) in [5, 5.41) is 7.80. The average molecular weight is 294 g/mol. The van der Waals surface area contributed by atoms with E-state index in [-0.39, 0.29) is 11.2 Å². The number of aromatic amines is 1. The van der Waals surface area contributed by atoms with Crippen LogP contribution in [0.4, 0.5) is 0 Å². The van der Waals surface area contributed by atoms with Crippen LogP contribution in [0.15, 0.2) is 5.16 Å². The maximum Gasteiger partial charge on any atom is 0.235 e. The van der Waals surface area contributed by atoms with Gasteiger partial charge in [0.1, 0.15) is 5.82 Å². The van der Waals surface area contributed by atoms with E-state index < -0.39 is 0 Å². The Hall–Kier alpha value is -1.04. The van der Waals surface area contributed by atoms with Gasteiger partial charge in [0, 0.05) is 19.0 Å². The van der Waals surface area contributed by atoms with Crippen molar-refractivity contribution in [3.8, 4) is 0 Å². The van der Waals surface area contributed by atoms with Gasteiger partial charge in [-0.3, -0.25) is 9.89 Å². The van der Waals surface area contributed by atoms with E-state index in [1.165, 1.54) is 24.6 Å². The first-order valence-electron chi connectivity index (χ1n) is 7.51. The Labute approximate surface area is 123 Å². The second kappa shape index (κ2) is 5.76. The number of rotatable bonds is 4. The summed E-state index contributed by atoms with van der Waals surface area (Å²) in [4.78, 5) is 18.9. The first-order chi connectivity index (χ1) is 9.63. The van der Waals surface area contributed by atoms with Crippen LogP contribution in [0.25, 0.3) is 0 Å². The quantitative estimate of drug-likeness (QED) is 0.866. The molecule has 1 aromatic heterocycles. The highest BCUT2D eigenvalue weighted by Crippen LogP contribution is 2.38. The molecule has 0 aromatic carbocycles. The van der Waals surface area contributed by atoms with Crippen LogP contribution in [0.1, 0.15) is 51.3 Å². The van der Waals surface area contributed by atoms with Crippen LogP contribution in [0.5, 0.6) is 0 Å². The number of amides is 1. The SMILES string of the molecule is CC1CCN(C(=O)C(C)Sc2n[nH]c(C3CC3)n2)CC1. The molecule has 1 unspecified atom stereocenters. The van der Waals surface area contributed by atoms with E-state index in [1.54, 1.807) is 0 Å². The van der Waals surface area contributed by atoms with Gasteiger partial charge in [-0.15, -0.1) is 5.10 Å². The number of hydrogen-bond donors (Lipinski definition) is 1. The van der Waals surface area contributed by atoms with Crippen LogP contribution in [0.2, 0.25) is 0 Å². The van der Waals surface area contributed by atoms with E-state index >= 15 is 0 Å². The van der Waals surface area contributed by atoms with Crippen LogP contribution >= 0.6 is 11.8 Å². The molecule has 1 aliphatic heterocycles. The highest BCUT2D eigenvalue weighted by Gasteiger charge is 2.29. The minimum atomic E-state index is -0.105. The summed E-state index contributed by atoms with van der Waals surface area (Å²) in [5.41, 5.74) is 0. The summed E-state index contributed by atoms with van der Waals surface area (Å²) in [6.07, 6.45) is 4.66. The molecule has 1 N–H and O–H groups in total. The van der Waals surface area contributed by atoms with E-state index in [0.29, 0.717) is 11.1 Å². The van der Waals surface area contributed by atoms with Gasteiger partial charge in [-0.25, -0.2) is 4.98 Å². The monoisotopic (exact) mass is 294 g/mol. The van der Waals surface area contributed by atoms with Crippen molar-refractivity contribution in [3.63, 3.8) is 0 Å². The van der Waals surface area contributed by atoms with Crippen molar-refractivity contribution in [1.82, 2.24) is 20.1 Å². The Kier molecular flexibility index (Phi) is 4.01. The van der Waals surface area contributed by atoms with E-state index in [1.807, 2.05) is 11.8 Å². The number of carbonyl (C=O) groups excluding carboxylic acids is 1. The molecule has 3 rings (SSSR count). The lowest BCUT2D eigenvalue weighted by atomic mass is 9.99. The summed E-state index contributed by atoms with van der Waals surface area (Å²) in [6, 6.07) is 0. The number of nitrogens with zero attached hydrogens (tertiary/aromatic N) is 3. The normalized spacial score (nSPS) is 22.0. The van der Waals surface area contributed by atoms with Gasteiger partial charge < -0.3 is 4.90 Å². The fourth-order valence-electron chi connectivity index (χ4n) is 2.54. The molecule has 110 valence electrons. The molecule has 0 bridgehead atoms. The Balaban J connectivity index is 1.54. The number of aromatic nitrogens is 3. The van der Waals surface area contributed by atoms with Crippen molar-refractivity contribution in [2.24, 2.45) is 5.92 Å². The Morgan fingerprint density at radius 3 is 2.70 bits per heavy atom. The molecule has 1 saturated heterocycles. The molecule has 20 heavy (non-hydrogen) atoms. The fourth-order valence-corrected chi connectivity index (χ4v) is 3.36. The summed E-state index contributed by atoms with van der Waals surface area (Å²) < 4.78 is 0. The van der Waals surface area contributed by atoms with Gasteiger partial charge in [0.05, 0.1) is 5.25 Å². The second-order valence-electron chi connectivity index (χ2n) is 6.05. The summed E-state index contributed by atoms with van der Waals surface area (Å²) in [7, 11) is 0. The highest BCUT2D eigenvalue weighted by atomic mass is 32.2. The molecule has 0 radical (unpaired) electrons.